The lowest BCUT2D eigenvalue weighted by atomic mass is 10.2. The number of furan rings is 1. The second kappa shape index (κ2) is 5.89. The Morgan fingerprint density at radius 1 is 1.32 bits per heavy atom. The Kier molecular flexibility index (Phi) is 3.76. The van der Waals surface area contributed by atoms with Crippen molar-refractivity contribution in [2.75, 3.05) is 13.1 Å². The zero-order valence-electron chi connectivity index (χ0n) is 12.4. The lowest BCUT2D eigenvalue weighted by Crippen LogP contribution is -2.27. The molecular weight excluding hydrogens is 296 g/mol. The van der Waals surface area contributed by atoms with Crippen LogP contribution in [0.3, 0.4) is 0 Å². The third-order valence-corrected chi connectivity index (χ3v) is 5.73. The zero-order valence-corrected chi connectivity index (χ0v) is 13.2. The van der Waals surface area contributed by atoms with E-state index >= 15 is 0 Å². The van der Waals surface area contributed by atoms with E-state index in [2.05, 4.69) is 27.7 Å². The molecule has 3 atom stereocenters. The van der Waals surface area contributed by atoms with Crippen molar-refractivity contribution >= 4 is 17.2 Å². The second-order valence-electron chi connectivity index (χ2n) is 6.33. The van der Waals surface area contributed by atoms with E-state index in [0.717, 1.165) is 37.2 Å². The van der Waals surface area contributed by atoms with Gasteiger partial charge in [0.05, 0.1) is 12.8 Å². The summed E-state index contributed by atoms with van der Waals surface area (Å²) in [5.74, 6) is 3.02. The van der Waals surface area contributed by atoms with Crippen molar-refractivity contribution in [2.45, 2.75) is 19.5 Å². The van der Waals surface area contributed by atoms with Crippen LogP contribution in [0.15, 0.2) is 40.3 Å². The summed E-state index contributed by atoms with van der Waals surface area (Å²) in [5, 5.41) is 5.09. The lowest BCUT2D eigenvalue weighted by molar-refractivity contribution is -0.121. The van der Waals surface area contributed by atoms with Crippen molar-refractivity contribution in [3.05, 3.63) is 46.5 Å². The molecule has 2 aromatic heterocycles. The molecule has 1 amide bonds. The highest BCUT2D eigenvalue weighted by Gasteiger charge is 2.55. The van der Waals surface area contributed by atoms with E-state index in [9.17, 15) is 4.79 Å². The summed E-state index contributed by atoms with van der Waals surface area (Å²) in [6.07, 6.45) is 2.30. The Balaban J connectivity index is 1.19. The highest BCUT2D eigenvalue weighted by atomic mass is 32.1. The number of hydrogen-bond donors (Lipinski definition) is 1. The quantitative estimate of drug-likeness (QED) is 0.891. The molecule has 5 heteroatoms. The van der Waals surface area contributed by atoms with E-state index in [1.165, 1.54) is 4.88 Å². The van der Waals surface area contributed by atoms with Crippen LogP contribution in [0.4, 0.5) is 0 Å². The highest BCUT2D eigenvalue weighted by molar-refractivity contribution is 7.09. The fourth-order valence-corrected chi connectivity index (χ4v) is 4.42. The Bertz CT molecular complexity index is 611. The molecule has 116 valence electrons. The van der Waals surface area contributed by atoms with Crippen molar-refractivity contribution < 1.29 is 9.21 Å². The van der Waals surface area contributed by atoms with Gasteiger partial charge < -0.3 is 9.73 Å². The smallest absolute Gasteiger partial charge is 0.220 e. The molecule has 1 unspecified atom stereocenters. The Hall–Kier alpha value is -1.59. The van der Waals surface area contributed by atoms with E-state index in [0.29, 0.717) is 18.9 Å². The van der Waals surface area contributed by atoms with Crippen molar-refractivity contribution in [1.82, 2.24) is 10.2 Å². The van der Waals surface area contributed by atoms with E-state index < -0.39 is 0 Å². The number of piperidine rings is 1. The van der Waals surface area contributed by atoms with Crippen LogP contribution in [0.1, 0.15) is 17.1 Å². The fourth-order valence-electron chi connectivity index (χ4n) is 3.68. The molecule has 1 aliphatic heterocycles. The minimum absolute atomic E-state index is 0.153. The van der Waals surface area contributed by atoms with Gasteiger partial charge in [0.1, 0.15) is 5.76 Å². The van der Waals surface area contributed by atoms with Gasteiger partial charge in [-0.2, -0.15) is 0 Å². The maximum absolute atomic E-state index is 12.0. The van der Waals surface area contributed by atoms with Gasteiger partial charge in [-0.1, -0.05) is 6.07 Å². The van der Waals surface area contributed by atoms with Crippen molar-refractivity contribution in [2.24, 2.45) is 17.8 Å². The first-order valence-electron chi connectivity index (χ1n) is 7.83. The van der Waals surface area contributed by atoms with Gasteiger partial charge in [-0.05, 0) is 41.3 Å². The summed E-state index contributed by atoms with van der Waals surface area (Å²) in [7, 11) is 0. The van der Waals surface area contributed by atoms with Crippen LogP contribution in [-0.4, -0.2) is 23.9 Å². The minimum atomic E-state index is 0.153. The predicted octanol–water partition coefficient (Wildman–Crippen LogP) is 2.73. The first-order valence-corrected chi connectivity index (χ1v) is 8.71. The van der Waals surface area contributed by atoms with Gasteiger partial charge in [-0.25, -0.2) is 0 Å². The maximum atomic E-state index is 12.0. The van der Waals surface area contributed by atoms with Crippen LogP contribution in [0, 0.1) is 17.8 Å². The van der Waals surface area contributed by atoms with Crippen LogP contribution in [0.25, 0.3) is 0 Å². The van der Waals surface area contributed by atoms with Gasteiger partial charge in [0.25, 0.3) is 0 Å². The molecule has 2 aliphatic rings. The monoisotopic (exact) mass is 316 g/mol. The number of likely N-dealkylation sites (tertiary alicyclic amines) is 1. The molecule has 1 aliphatic carbocycles. The first-order chi connectivity index (χ1) is 10.8. The number of rotatable bonds is 6. The van der Waals surface area contributed by atoms with Crippen LogP contribution in [0.5, 0.6) is 0 Å². The number of nitrogens with zero attached hydrogens (tertiary/aromatic N) is 1. The summed E-state index contributed by atoms with van der Waals surface area (Å²) in [5.41, 5.74) is 0. The number of fused-ring (bicyclic) bond motifs is 1. The summed E-state index contributed by atoms with van der Waals surface area (Å²) < 4.78 is 5.22. The van der Waals surface area contributed by atoms with Gasteiger partial charge in [-0.3, -0.25) is 9.69 Å². The molecule has 2 fully saturated rings. The summed E-state index contributed by atoms with van der Waals surface area (Å²) in [6.45, 7) is 3.87. The normalized spacial score (nSPS) is 26.8. The maximum Gasteiger partial charge on any atom is 0.220 e. The molecule has 0 radical (unpaired) electrons. The van der Waals surface area contributed by atoms with Crippen LogP contribution < -0.4 is 5.32 Å². The molecule has 0 aromatic carbocycles. The van der Waals surface area contributed by atoms with Crippen LogP contribution >= 0.6 is 11.3 Å². The van der Waals surface area contributed by atoms with Crippen LogP contribution in [0.2, 0.25) is 0 Å². The van der Waals surface area contributed by atoms with Crippen LogP contribution in [-0.2, 0) is 17.9 Å². The van der Waals surface area contributed by atoms with Gasteiger partial charge in [0.2, 0.25) is 5.91 Å². The SMILES string of the molecule is O=C(CC1[C@H]2CN(Cc3cccs3)C[C@@H]12)NCc1ccco1. The predicted molar refractivity (Wildman–Crippen MR) is 85.2 cm³/mol. The summed E-state index contributed by atoms with van der Waals surface area (Å²) >= 11 is 1.83. The minimum Gasteiger partial charge on any atom is -0.467 e. The second-order valence-corrected chi connectivity index (χ2v) is 7.36. The molecular formula is C17H20N2O2S. The van der Waals surface area contributed by atoms with E-state index in [1.807, 2.05) is 23.5 Å². The van der Waals surface area contributed by atoms with E-state index in [4.69, 9.17) is 4.42 Å². The van der Waals surface area contributed by atoms with E-state index in [1.54, 1.807) is 6.26 Å². The average Bonchev–Trinajstić information content (AvgIpc) is 3.07. The van der Waals surface area contributed by atoms with Gasteiger partial charge in [0, 0.05) is 30.9 Å². The van der Waals surface area contributed by atoms with Gasteiger partial charge >= 0.3 is 0 Å². The molecule has 1 saturated carbocycles. The third-order valence-electron chi connectivity index (χ3n) is 4.87. The number of amides is 1. The van der Waals surface area contributed by atoms with Gasteiger partial charge in [-0.15, -0.1) is 11.3 Å². The van der Waals surface area contributed by atoms with E-state index in [-0.39, 0.29) is 5.91 Å². The molecule has 0 bridgehead atoms. The van der Waals surface area contributed by atoms with Crippen molar-refractivity contribution in [1.29, 1.82) is 0 Å². The summed E-state index contributed by atoms with van der Waals surface area (Å²) in [6, 6.07) is 8.04. The molecule has 0 spiro atoms. The summed E-state index contributed by atoms with van der Waals surface area (Å²) in [4.78, 5) is 16.0. The molecule has 4 rings (SSSR count). The van der Waals surface area contributed by atoms with Crippen molar-refractivity contribution in [3.63, 3.8) is 0 Å². The topological polar surface area (TPSA) is 45.5 Å². The Labute approximate surface area is 134 Å². The zero-order chi connectivity index (χ0) is 14.9. The molecule has 2 aromatic rings. The molecule has 1 saturated heterocycles. The fraction of sp³-hybridized carbons (Fsp3) is 0.471. The molecule has 4 nitrogen and oxygen atoms in total. The Morgan fingerprint density at radius 2 is 2.18 bits per heavy atom. The Morgan fingerprint density at radius 3 is 2.86 bits per heavy atom. The number of thiophene rings is 1. The molecule has 22 heavy (non-hydrogen) atoms. The largest absolute Gasteiger partial charge is 0.467 e. The number of carbonyl (C=O) groups is 1. The third kappa shape index (κ3) is 2.96. The van der Waals surface area contributed by atoms with Crippen molar-refractivity contribution in [3.8, 4) is 0 Å². The van der Waals surface area contributed by atoms with Gasteiger partial charge in [0.15, 0.2) is 0 Å². The number of carbonyl (C=O) groups excluding carboxylic acids is 1. The lowest BCUT2D eigenvalue weighted by Gasteiger charge is -2.18. The standard InChI is InChI=1S/C17H20N2O2S/c20-17(18-8-12-3-1-5-21-12)7-14-15-10-19(11-16(14)15)9-13-4-2-6-22-13/h1-6,14-16H,7-11H2,(H,18,20)/t14?,15-,16+. The average molecular weight is 316 g/mol. The molecule has 1 N–H and O–H groups in total. The highest BCUT2D eigenvalue weighted by Crippen LogP contribution is 2.53. The number of hydrogen-bond acceptors (Lipinski definition) is 4. The molecule has 3 heterocycles. The number of nitrogens with one attached hydrogen (secondary N) is 1. The first kappa shape index (κ1) is 14.0.